The number of unbranched alkanes of at least 4 members (excludes halogenated alkanes) is 2. The third-order valence-electron chi connectivity index (χ3n) is 3.28. The molecule has 0 radical (unpaired) electrons. The molecule has 0 aliphatic heterocycles. The fourth-order valence-electron chi connectivity index (χ4n) is 2.18. The van der Waals surface area contributed by atoms with Gasteiger partial charge in [-0.2, -0.15) is 0 Å². The van der Waals surface area contributed by atoms with Gasteiger partial charge in [0.25, 0.3) is 5.91 Å². The molecular weight excluding hydrogens is 238 g/mol. The number of carbonyl (C=O) groups is 1. The molecule has 1 rings (SSSR count). The minimum absolute atomic E-state index is 0.0330. The molecule has 4 heteroatoms. The lowest BCUT2D eigenvalue weighted by atomic mass is 10.1. The second-order valence-electron chi connectivity index (χ2n) is 5.53. The second-order valence-corrected chi connectivity index (χ2v) is 5.53. The van der Waals surface area contributed by atoms with Gasteiger partial charge in [-0.05, 0) is 33.3 Å². The highest BCUT2D eigenvalue weighted by Gasteiger charge is 2.16. The van der Waals surface area contributed by atoms with Gasteiger partial charge in [0.15, 0.2) is 0 Å². The summed E-state index contributed by atoms with van der Waals surface area (Å²) in [6, 6.07) is 2.18. The predicted octanol–water partition coefficient (Wildman–Crippen LogP) is 3.35. The highest BCUT2D eigenvalue weighted by molar-refractivity contribution is 5.94. The highest BCUT2D eigenvalue weighted by Crippen LogP contribution is 2.16. The van der Waals surface area contributed by atoms with Gasteiger partial charge in [0, 0.05) is 18.3 Å². The van der Waals surface area contributed by atoms with Gasteiger partial charge in [-0.25, -0.2) is 0 Å². The molecule has 1 heterocycles. The number of aromatic nitrogens is 1. The van der Waals surface area contributed by atoms with E-state index in [2.05, 4.69) is 19.2 Å². The van der Waals surface area contributed by atoms with Crippen molar-refractivity contribution in [2.75, 3.05) is 5.73 Å². The summed E-state index contributed by atoms with van der Waals surface area (Å²) in [5, 5.41) is 3.05. The Balaban J connectivity index is 2.62. The smallest absolute Gasteiger partial charge is 0.268 e. The van der Waals surface area contributed by atoms with E-state index in [-0.39, 0.29) is 18.0 Å². The topological polar surface area (TPSA) is 60.1 Å². The Morgan fingerprint density at radius 2 is 2.05 bits per heavy atom. The monoisotopic (exact) mass is 265 g/mol. The standard InChI is InChI=1S/C15H27N3O/c1-5-6-7-8-12(4)17-15(19)14-9-13(16)10-18(14)11(2)3/h9-12H,5-8,16H2,1-4H3,(H,17,19). The first-order valence-corrected chi connectivity index (χ1v) is 7.23. The van der Waals surface area contributed by atoms with E-state index in [1.165, 1.54) is 12.8 Å². The molecule has 0 spiro atoms. The number of nitrogens with one attached hydrogen (secondary N) is 1. The van der Waals surface area contributed by atoms with Crippen LogP contribution in [0.3, 0.4) is 0 Å². The molecule has 3 N–H and O–H groups in total. The number of carbonyl (C=O) groups excluding carboxylic acids is 1. The quantitative estimate of drug-likeness (QED) is 0.743. The first kappa shape index (κ1) is 15.6. The maximum absolute atomic E-state index is 12.2. The van der Waals surface area contributed by atoms with Gasteiger partial charge in [0.1, 0.15) is 5.69 Å². The molecule has 0 saturated carbocycles. The zero-order chi connectivity index (χ0) is 14.4. The largest absolute Gasteiger partial charge is 0.397 e. The van der Waals surface area contributed by atoms with Crippen LogP contribution in [0.1, 0.15) is 69.9 Å². The fourth-order valence-corrected chi connectivity index (χ4v) is 2.18. The number of hydrogen-bond acceptors (Lipinski definition) is 2. The number of rotatable bonds is 7. The maximum Gasteiger partial charge on any atom is 0.268 e. The summed E-state index contributed by atoms with van der Waals surface area (Å²) in [5.41, 5.74) is 7.07. The Morgan fingerprint density at radius 3 is 2.63 bits per heavy atom. The first-order chi connectivity index (χ1) is 8.95. The van der Waals surface area contributed by atoms with Gasteiger partial charge in [-0.15, -0.1) is 0 Å². The van der Waals surface area contributed by atoms with Crippen LogP contribution in [0.4, 0.5) is 5.69 Å². The summed E-state index contributed by atoms with van der Waals surface area (Å²) in [6.45, 7) is 8.32. The summed E-state index contributed by atoms with van der Waals surface area (Å²) in [5.74, 6) is -0.0330. The maximum atomic E-state index is 12.2. The molecule has 0 fully saturated rings. The lowest BCUT2D eigenvalue weighted by Gasteiger charge is -2.16. The summed E-state index contributed by atoms with van der Waals surface area (Å²) in [6.07, 6.45) is 6.42. The van der Waals surface area contributed by atoms with E-state index < -0.39 is 0 Å². The number of nitrogens with zero attached hydrogens (tertiary/aromatic N) is 1. The van der Waals surface area contributed by atoms with Gasteiger partial charge in [-0.1, -0.05) is 26.2 Å². The van der Waals surface area contributed by atoms with E-state index >= 15 is 0 Å². The Hall–Kier alpha value is -1.45. The molecule has 1 aromatic rings. The van der Waals surface area contributed by atoms with Gasteiger partial charge >= 0.3 is 0 Å². The average molecular weight is 265 g/mol. The highest BCUT2D eigenvalue weighted by atomic mass is 16.2. The molecule has 0 saturated heterocycles. The Kier molecular flexibility index (Phi) is 5.93. The van der Waals surface area contributed by atoms with Crippen LogP contribution in [-0.4, -0.2) is 16.5 Å². The van der Waals surface area contributed by atoms with Crippen LogP contribution < -0.4 is 11.1 Å². The van der Waals surface area contributed by atoms with Gasteiger partial charge in [-0.3, -0.25) is 4.79 Å². The van der Waals surface area contributed by atoms with Crippen LogP contribution in [0.25, 0.3) is 0 Å². The van der Waals surface area contributed by atoms with Crippen LogP contribution in [0.5, 0.6) is 0 Å². The van der Waals surface area contributed by atoms with Crippen molar-refractivity contribution in [3.05, 3.63) is 18.0 Å². The van der Waals surface area contributed by atoms with Crippen molar-refractivity contribution in [1.29, 1.82) is 0 Å². The van der Waals surface area contributed by atoms with Gasteiger partial charge in [0.05, 0.1) is 5.69 Å². The normalized spacial score (nSPS) is 12.7. The zero-order valence-electron chi connectivity index (χ0n) is 12.6. The third-order valence-corrected chi connectivity index (χ3v) is 3.28. The molecule has 1 aromatic heterocycles. The van der Waals surface area contributed by atoms with Crippen LogP contribution >= 0.6 is 0 Å². The fraction of sp³-hybridized carbons (Fsp3) is 0.667. The van der Waals surface area contributed by atoms with Crippen molar-refractivity contribution in [2.24, 2.45) is 0 Å². The number of nitrogens with two attached hydrogens (primary N) is 1. The summed E-state index contributed by atoms with van der Waals surface area (Å²) in [7, 11) is 0. The van der Waals surface area contributed by atoms with E-state index in [4.69, 9.17) is 5.73 Å². The first-order valence-electron chi connectivity index (χ1n) is 7.23. The molecule has 1 amide bonds. The van der Waals surface area contributed by atoms with E-state index in [1.54, 1.807) is 6.07 Å². The van der Waals surface area contributed by atoms with E-state index in [9.17, 15) is 4.79 Å². The van der Waals surface area contributed by atoms with E-state index in [0.717, 1.165) is 12.8 Å². The van der Waals surface area contributed by atoms with E-state index in [1.807, 2.05) is 24.6 Å². The number of amides is 1. The number of anilines is 1. The Bertz CT molecular complexity index is 410. The van der Waals surface area contributed by atoms with Gasteiger partial charge < -0.3 is 15.6 Å². The molecule has 19 heavy (non-hydrogen) atoms. The summed E-state index contributed by atoms with van der Waals surface area (Å²) in [4.78, 5) is 12.2. The molecule has 4 nitrogen and oxygen atoms in total. The van der Waals surface area contributed by atoms with Crippen molar-refractivity contribution < 1.29 is 4.79 Å². The predicted molar refractivity (Wildman–Crippen MR) is 80.3 cm³/mol. The zero-order valence-corrected chi connectivity index (χ0v) is 12.6. The minimum atomic E-state index is -0.0330. The van der Waals surface area contributed by atoms with Crippen molar-refractivity contribution >= 4 is 11.6 Å². The van der Waals surface area contributed by atoms with Crippen LogP contribution in [0.2, 0.25) is 0 Å². The van der Waals surface area contributed by atoms with Crippen LogP contribution in [-0.2, 0) is 0 Å². The molecule has 108 valence electrons. The molecular formula is C15H27N3O. The lowest BCUT2D eigenvalue weighted by molar-refractivity contribution is 0.0927. The van der Waals surface area contributed by atoms with Crippen molar-refractivity contribution in [3.8, 4) is 0 Å². The SMILES string of the molecule is CCCCCC(C)NC(=O)c1cc(N)cn1C(C)C. The number of hydrogen-bond donors (Lipinski definition) is 2. The van der Waals surface area contributed by atoms with Crippen molar-refractivity contribution in [2.45, 2.75) is 65.5 Å². The summed E-state index contributed by atoms with van der Waals surface area (Å²) >= 11 is 0. The summed E-state index contributed by atoms with van der Waals surface area (Å²) < 4.78 is 1.92. The Morgan fingerprint density at radius 1 is 1.37 bits per heavy atom. The third kappa shape index (κ3) is 4.62. The Labute approximate surface area is 116 Å². The van der Waals surface area contributed by atoms with Gasteiger partial charge in [0.2, 0.25) is 0 Å². The van der Waals surface area contributed by atoms with Crippen LogP contribution in [0.15, 0.2) is 12.3 Å². The molecule has 1 unspecified atom stereocenters. The molecule has 0 aliphatic carbocycles. The van der Waals surface area contributed by atoms with Crippen molar-refractivity contribution in [1.82, 2.24) is 9.88 Å². The molecule has 0 bridgehead atoms. The average Bonchev–Trinajstić information content (AvgIpc) is 2.72. The number of nitrogen functional groups attached to an aromatic ring is 1. The molecule has 0 aromatic carbocycles. The minimum Gasteiger partial charge on any atom is -0.397 e. The lowest BCUT2D eigenvalue weighted by Crippen LogP contribution is -2.34. The van der Waals surface area contributed by atoms with Crippen molar-refractivity contribution in [3.63, 3.8) is 0 Å². The van der Waals surface area contributed by atoms with Crippen LogP contribution in [0, 0.1) is 0 Å². The second kappa shape index (κ2) is 7.22. The van der Waals surface area contributed by atoms with E-state index in [0.29, 0.717) is 11.4 Å². The molecule has 1 atom stereocenters. The molecule has 0 aliphatic rings.